The van der Waals surface area contributed by atoms with Gasteiger partial charge in [-0.1, -0.05) is 53.5 Å². The second-order valence-corrected chi connectivity index (χ2v) is 7.30. The van der Waals surface area contributed by atoms with Crippen LogP contribution in [0.25, 0.3) is 10.9 Å². The first-order valence-corrected chi connectivity index (χ1v) is 9.37. The molecule has 0 unspecified atom stereocenters. The van der Waals surface area contributed by atoms with Crippen molar-refractivity contribution in [2.45, 2.75) is 32.4 Å². The Morgan fingerprint density at radius 3 is 2.70 bits per heavy atom. The van der Waals surface area contributed by atoms with Gasteiger partial charge in [0, 0.05) is 11.1 Å². The number of benzene rings is 2. The van der Waals surface area contributed by atoms with Gasteiger partial charge in [-0.05, 0) is 37.5 Å². The fourth-order valence-electron chi connectivity index (χ4n) is 2.88. The summed E-state index contributed by atoms with van der Waals surface area (Å²) >= 11 is 12.0. The predicted octanol–water partition coefficient (Wildman–Crippen LogP) is 3.84. The quantitative estimate of drug-likeness (QED) is 0.679. The summed E-state index contributed by atoms with van der Waals surface area (Å²) in [5.41, 5.74) is 1.25. The minimum atomic E-state index is -0.350. The van der Waals surface area contributed by atoms with E-state index >= 15 is 0 Å². The van der Waals surface area contributed by atoms with Crippen molar-refractivity contribution in [2.24, 2.45) is 0 Å². The van der Waals surface area contributed by atoms with Gasteiger partial charge in [0.2, 0.25) is 5.91 Å². The average molecular weight is 404 g/mol. The van der Waals surface area contributed by atoms with Crippen LogP contribution >= 0.6 is 23.2 Å². The van der Waals surface area contributed by atoms with Crippen molar-refractivity contribution in [3.05, 3.63) is 74.8 Å². The van der Waals surface area contributed by atoms with Crippen LogP contribution in [0, 0.1) is 0 Å². The first-order chi connectivity index (χ1) is 12.9. The molecule has 0 spiro atoms. The highest BCUT2D eigenvalue weighted by atomic mass is 35.5. The highest BCUT2D eigenvalue weighted by Crippen LogP contribution is 2.23. The van der Waals surface area contributed by atoms with E-state index in [1.54, 1.807) is 0 Å². The molecule has 3 rings (SSSR count). The van der Waals surface area contributed by atoms with Gasteiger partial charge in [0.05, 0.1) is 22.3 Å². The van der Waals surface area contributed by atoms with Crippen molar-refractivity contribution >= 4 is 40.0 Å². The summed E-state index contributed by atoms with van der Waals surface area (Å²) in [5.74, 6) is -0.244. The number of carbonyl (C=O) groups excluding carboxylic acids is 1. The van der Waals surface area contributed by atoms with Gasteiger partial charge in [-0.25, -0.2) is 4.98 Å². The molecule has 1 atom stereocenters. The van der Waals surface area contributed by atoms with Gasteiger partial charge >= 0.3 is 0 Å². The summed E-state index contributed by atoms with van der Waals surface area (Å²) in [7, 11) is 0. The number of nitrogens with one attached hydrogen (secondary N) is 1. The molecule has 1 N–H and O–H groups in total. The van der Waals surface area contributed by atoms with E-state index in [4.69, 9.17) is 23.2 Å². The minimum absolute atomic E-state index is 0.00860. The molecule has 0 aliphatic heterocycles. The Morgan fingerprint density at radius 1 is 1.22 bits per heavy atom. The fourth-order valence-corrected chi connectivity index (χ4v) is 3.42. The smallest absolute Gasteiger partial charge is 0.261 e. The first kappa shape index (κ1) is 19.4. The van der Waals surface area contributed by atoms with Crippen molar-refractivity contribution in [3.8, 4) is 0 Å². The molecule has 3 aromatic rings. The molecule has 0 radical (unpaired) electrons. The van der Waals surface area contributed by atoms with E-state index in [-0.39, 0.29) is 24.1 Å². The summed E-state index contributed by atoms with van der Waals surface area (Å²) in [6.07, 6.45) is 3.02. The van der Waals surface area contributed by atoms with Crippen molar-refractivity contribution in [2.75, 3.05) is 0 Å². The fraction of sp³-hybridized carbons (Fsp3) is 0.250. The zero-order valence-electron chi connectivity index (χ0n) is 14.8. The van der Waals surface area contributed by atoms with E-state index in [1.165, 1.54) is 28.6 Å². The van der Waals surface area contributed by atoms with Crippen LogP contribution in [0.1, 0.15) is 18.9 Å². The summed E-state index contributed by atoms with van der Waals surface area (Å²) in [6, 6.07) is 13.1. The van der Waals surface area contributed by atoms with E-state index in [1.807, 2.05) is 25.1 Å². The highest BCUT2D eigenvalue weighted by molar-refractivity contribution is 6.38. The Labute approximate surface area is 166 Å². The molecule has 27 heavy (non-hydrogen) atoms. The standard InChI is InChI=1S/C20H19Cl2N3O2/c1-13(7-8-14-5-3-2-4-6-14)24-18(26)11-25-12-23-19-16(20(25)27)9-15(21)10-17(19)22/h2-6,9-10,12-13H,7-8,11H2,1H3,(H,24,26)/t13-/m0/s1. The number of hydrogen-bond donors (Lipinski definition) is 1. The number of hydrogen-bond acceptors (Lipinski definition) is 3. The molecule has 1 amide bonds. The van der Waals surface area contributed by atoms with Gasteiger partial charge in [0.1, 0.15) is 6.54 Å². The van der Waals surface area contributed by atoms with Crippen LogP contribution in [0.2, 0.25) is 10.0 Å². The summed E-state index contributed by atoms with van der Waals surface area (Å²) < 4.78 is 1.26. The van der Waals surface area contributed by atoms with E-state index in [0.717, 1.165) is 12.8 Å². The topological polar surface area (TPSA) is 64.0 Å². The third-order valence-corrected chi connectivity index (χ3v) is 4.78. The number of amides is 1. The maximum atomic E-state index is 12.6. The Morgan fingerprint density at radius 2 is 1.96 bits per heavy atom. The number of halogens is 2. The Balaban J connectivity index is 1.65. The molecule has 140 valence electrons. The number of aryl methyl sites for hydroxylation is 1. The van der Waals surface area contributed by atoms with Crippen molar-refractivity contribution in [1.82, 2.24) is 14.9 Å². The number of nitrogens with zero attached hydrogens (tertiary/aromatic N) is 2. The lowest BCUT2D eigenvalue weighted by atomic mass is 10.1. The Kier molecular flexibility index (Phi) is 6.14. The van der Waals surface area contributed by atoms with Crippen LogP contribution in [0.15, 0.2) is 53.6 Å². The molecule has 0 saturated carbocycles. The molecule has 1 aromatic heterocycles. The van der Waals surface area contributed by atoms with Gasteiger partial charge in [0.25, 0.3) is 5.56 Å². The predicted molar refractivity (Wildman–Crippen MR) is 108 cm³/mol. The molecule has 0 bridgehead atoms. The maximum absolute atomic E-state index is 12.6. The number of rotatable bonds is 6. The largest absolute Gasteiger partial charge is 0.352 e. The van der Waals surface area contributed by atoms with Crippen molar-refractivity contribution in [1.29, 1.82) is 0 Å². The van der Waals surface area contributed by atoms with Crippen molar-refractivity contribution < 1.29 is 4.79 Å². The van der Waals surface area contributed by atoms with E-state index in [2.05, 4.69) is 22.4 Å². The second kappa shape index (κ2) is 8.55. The van der Waals surface area contributed by atoms with Crippen LogP contribution in [0.5, 0.6) is 0 Å². The van der Waals surface area contributed by atoms with Crippen molar-refractivity contribution in [3.63, 3.8) is 0 Å². The van der Waals surface area contributed by atoms with Gasteiger partial charge in [0.15, 0.2) is 0 Å². The van der Waals surface area contributed by atoms with Gasteiger partial charge < -0.3 is 5.32 Å². The molecule has 1 heterocycles. The summed E-state index contributed by atoms with van der Waals surface area (Å²) in [6.45, 7) is 1.84. The number of carbonyl (C=O) groups is 1. The Bertz CT molecular complexity index is 1020. The minimum Gasteiger partial charge on any atom is -0.352 e. The normalized spacial score (nSPS) is 12.1. The number of aromatic nitrogens is 2. The van der Waals surface area contributed by atoms with Gasteiger partial charge in [-0.2, -0.15) is 0 Å². The van der Waals surface area contributed by atoms with Gasteiger partial charge in [-0.3, -0.25) is 14.2 Å². The molecule has 0 aliphatic carbocycles. The summed E-state index contributed by atoms with van der Waals surface area (Å²) in [5, 5.41) is 3.87. The van der Waals surface area contributed by atoms with Crippen LogP contribution < -0.4 is 10.9 Å². The Hall–Kier alpha value is -2.37. The lowest BCUT2D eigenvalue weighted by Gasteiger charge is -2.14. The van der Waals surface area contributed by atoms with Crippen LogP contribution in [-0.4, -0.2) is 21.5 Å². The molecular formula is C20H19Cl2N3O2. The van der Waals surface area contributed by atoms with Crippen LogP contribution in [-0.2, 0) is 17.8 Å². The zero-order valence-corrected chi connectivity index (χ0v) is 16.3. The zero-order chi connectivity index (χ0) is 19.4. The molecule has 2 aromatic carbocycles. The van der Waals surface area contributed by atoms with E-state index in [0.29, 0.717) is 20.9 Å². The molecule has 0 aliphatic rings. The molecule has 0 saturated heterocycles. The lowest BCUT2D eigenvalue weighted by molar-refractivity contribution is -0.122. The first-order valence-electron chi connectivity index (χ1n) is 8.61. The van der Waals surface area contributed by atoms with Crippen LogP contribution in [0.4, 0.5) is 0 Å². The molecule has 5 nitrogen and oxygen atoms in total. The third-order valence-electron chi connectivity index (χ3n) is 4.28. The van der Waals surface area contributed by atoms with Crippen LogP contribution in [0.3, 0.4) is 0 Å². The van der Waals surface area contributed by atoms with E-state index < -0.39 is 0 Å². The van der Waals surface area contributed by atoms with E-state index in [9.17, 15) is 9.59 Å². The monoisotopic (exact) mass is 403 g/mol. The molecular weight excluding hydrogens is 385 g/mol. The summed E-state index contributed by atoms with van der Waals surface area (Å²) in [4.78, 5) is 29.1. The average Bonchev–Trinajstić information content (AvgIpc) is 2.63. The second-order valence-electron chi connectivity index (χ2n) is 6.45. The van der Waals surface area contributed by atoms with Gasteiger partial charge in [-0.15, -0.1) is 0 Å². The maximum Gasteiger partial charge on any atom is 0.261 e. The molecule has 0 fully saturated rings. The number of fused-ring (bicyclic) bond motifs is 1. The highest BCUT2D eigenvalue weighted by Gasteiger charge is 2.13. The third kappa shape index (κ3) is 4.87. The lowest BCUT2D eigenvalue weighted by Crippen LogP contribution is -2.37. The molecule has 7 heteroatoms. The SMILES string of the molecule is C[C@@H](CCc1ccccc1)NC(=O)Cn1cnc2c(Cl)cc(Cl)cc2c1=O.